The minimum Gasteiger partial charge on any atom is -0.473 e. The van der Waals surface area contributed by atoms with E-state index >= 15 is 0 Å². The van der Waals surface area contributed by atoms with Gasteiger partial charge in [0.25, 0.3) is 0 Å². The first-order valence-electron chi connectivity index (χ1n) is 10.8. The van der Waals surface area contributed by atoms with Gasteiger partial charge in [0.2, 0.25) is 11.8 Å². The van der Waals surface area contributed by atoms with E-state index in [2.05, 4.69) is 9.80 Å². The molecule has 0 saturated carbocycles. The Labute approximate surface area is 177 Å². The molecule has 3 heterocycles. The van der Waals surface area contributed by atoms with Crippen molar-refractivity contribution < 1.29 is 29.4 Å². The number of amides is 2. The second kappa shape index (κ2) is 12.5. The zero-order valence-electron chi connectivity index (χ0n) is 17.6. The van der Waals surface area contributed by atoms with Gasteiger partial charge in [-0.05, 0) is 51.9 Å². The van der Waals surface area contributed by atoms with Crippen molar-refractivity contribution in [3.05, 3.63) is 0 Å². The van der Waals surface area contributed by atoms with E-state index in [-0.39, 0.29) is 11.8 Å². The van der Waals surface area contributed by atoms with Crippen LogP contribution in [0.15, 0.2) is 0 Å². The Morgan fingerprint density at radius 1 is 0.500 bits per heavy atom. The molecule has 0 atom stereocenters. The number of hydrogen-bond donors (Lipinski definition) is 2. The van der Waals surface area contributed by atoms with Gasteiger partial charge >= 0.3 is 11.9 Å². The second-order valence-corrected chi connectivity index (χ2v) is 8.05. The normalized spacial score (nSPS) is 20.8. The summed E-state index contributed by atoms with van der Waals surface area (Å²) in [5.41, 5.74) is 0. The SMILES string of the molecule is O=C(CN1CCCCC1)N1CCN(C(=O)CN2CCCCC2)CC1.O=C(O)C(=O)O. The summed E-state index contributed by atoms with van der Waals surface area (Å²) >= 11 is 0. The molecule has 0 radical (unpaired) electrons. The van der Waals surface area contributed by atoms with Crippen molar-refractivity contribution in [3.63, 3.8) is 0 Å². The zero-order valence-corrected chi connectivity index (χ0v) is 17.6. The maximum atomic E-state index is 12.4. The Morgan fingerprint density at radius 2 is 0.800 bits per heavy atom. The summed E-state index contributed by atoms with van der Waals surface area (Å²) in [7, 11) is 0. The van der Waals surface area contributed by atoms with Crippen molar-refractivity contribution in [2.45, 2.75) is 38.5 Å². The number of nitrogens with zero attached hydrogens (tertiary/aromatic N) is 4. The average molecular weight is 427 g/mol. The number of rotatable bonds is 4. The maximum Gasteiger partial charge on any atom is 0.414 e. The summed E-state index contributed by atoms with van der Waals surface area (Å²) < 4.78 is 0. The number of carboxylic acids is 2. The van der Waals surface area contributed by atoms with Gasteiger partial charge < -0.3 is 20.0 Å². The summed E-state index contributed by atoms with van der Waals surface area (Å²) in [6.07, 6.45) is 7.45. The second-order valence-electron chi connectivity index (χ2n) is 8.05. The fourth-order valence-electron chi connectivity index (χ4n) is 4.02. The Kier molecular flexibility index (Phi) is 10.0. The Hall–Kier alpha value is -2.20. The highest BCUT2D eigenvalue weighted by molar-refractivity contribution is 6.27. The van der Waals surface area contributed by atoms with Gasteiger partial charge in [0.05, 0.1) is 13.1 Å². The zero-order chi connectivity index (χ0) is 21.9. The van der Waals surface area contributed by atoms with Gasteiger partial charge in [0.1, 0.15) is 0 Å². The molecular formula is C20H34N4O6. The van der Waals surface area contributed by atoms with Crippen molar-refractivity contribution in [2.75, 3.05) is 65.4 Å². The summed E-state index contributed by atoms with van der Waals surface area (Å²) in [6.45, 7) is 8.11. The molecule has 10 nitrogen and oxygen atoms in total. The highest BCUT2D eigenvalue weighted by Gasteiger charge is 2.26. The molecule has 3 fully saturated rings. The van der Waals surface area contributed by atoms with Crippen LogP contribution in [-0.4, -0.2) is 119 Å². The average Bonchev–Trinajstić information content (AvgIpc) is 2.75. The van der Waals surface area contributed by atoms with Crippen LogP contribution in [0.3, 0.4) is 0 Å². The summed E-state index contributed by atoms with van der Waals surface area (Å²) in [5.74, 6) is -3.18. The van der Waals surface area contributed by atoms with E-state index in [0.29, 0.717) is 39.3 Å². The third kappa shape index (κ3) is 8.27. The number of carboxylic acid groups (broad SMARTS) is 2. The van der Waals surface area contributed by atoms with Crippen molar-refractivity contribution in [1.29, 1.82) is 0 Å². The van der Waals surface area contributed by atoms with E-state index in [4.69, 9.17) is 19.8 Å². The van der Waals surface area contributed by atoms with E-state index < -0.39 is 11.9 Å². The topological polar surface area (TPSA) is 122 Å². The van der Waals surface area contributed by atoms with Crippen molar-refractivity contribution in [1.82, 2.24) is 19.6 Å². The lowest BCUT2D eigenvalue weighted by atomic mass is 10.1. The number of piperazine rings is 1. The van der Waals surface area contributed by atoms with Gasteiger partial charge in [0.15, 0.2) is 0 Å². The smallest absolute Gasteiger partial charge is 0.414 e. The molecule has 10 heteroatoms. The molecular weight excluding hydrogens is 392 g/mol. The highest BCUT2D eigenvalue weighted by atomic mass is 16.4. The van der Waals surface area contributed by atoms with Crippen LogP contribution in [0, 0.1) is 0 Å². The molecule has 3 rings (SSSR count). The van der Waals surface area contributed by atoms with E-state index in [1.165, 1.54) is 38.5 Å². The molecule has 3 aliphatic heterocycles. The van der Waals surface area contributed by atoms with Crippen LogP contribution < -0.4 is 0 Å². The predicted molar refractivity (Wildman–Crippen MR) is 109 cm³/mol. The van der Waals surface area contributed by atoms with Crippen LogP contribution in [-0.2, 0) is 19.2 Å². The molecule has 0 bridgehead atoms. The fraction of sp³-hybridized carbons (Fsp3) is 0.800. The first-order valence-corrected chi connectivity index (χ1v) is 10.8. The van der Waals surface area contributed by atoms with Crippen molar-refractivity contribution in [2.24, 2.45) is 0 Å². The molecule has 3 aliphatic rings. The fourth-order valence-corrected chi connectivity index (χ4v) is 4.02. The van der Waals surface area contributed by atoms with Gasteiger partial charge in [-0.3, -0.25) is 19.4 Å². The van der Waals surface area contributed by atoms with Crippen LogP contribution in [0.4, 0.5) is 0 Å². The third-order valence-corrected chi connectivity index (χ3v) is 5.78. The van der Waals surface area contributed by atoms with Crippen molar-refractivity contribution in [3.8, 4) is 0 Å². The van der Waals surface area contributed by atoms with E-state index in [0.717, 1.165) is 26.2 Å². The van der Waals surface area contributed by atoms with E-state index in [1.54, 1.807) is 0 Å². The molecule has 170 valence electrons. The number of aliphatic carboxylic acids is 2. The van der Waals surface area contributed by atoms with Crippen molar-refractivity contribution >= 4 is 23.8 Å². The third-order valence-electron chi connectivity index (χ3n) is 5.78. The molecule has 0 aromatic heterocycles. The largest absolute Gasteiger partial charge is 0.473 e. The van der Waals surface area contributed by atoms with Gasteiger partial charge in [-0.1, -0.05) is 12.8 Å². The number of carbonyl (C=O) groups is 4. The van der Waals surface area contributed by atoms with Crippen LogP contribution in [0.25, 0.3) is 0 Å². The Morgan fingerprint density at radius 3 is 1.07 bits per heavy atom. The lowest BCUT2D eigenvalue weighted by Gasteiger charge is -2.37. The molecule has 0 aliphatic carbocycles. The van der Waals surface area contributed by atoms with E-state index in [1.807, 2.05) is 9.80 Å². The summed E-state index contributed by atoms with van der Waals surface area (Å²) in [6, 6.07) is 0. The van der Waals surface area contributed by atoms with Crippen LogP contribution in [0.2, 0.25) is 0 Å². The monoisotopic (exact) mass is 426 g/mol. The Balaban J connectivity index is 0.000000469. The van der Waals surface area contributed by atoms with Gasteiger partial charge in [-0.25, -0.2) is 9.59 Å². The minimum absolute atomic E-state index is 0.236. The quantitative estimate of drug-likeness (QED) is 0.592. The maximum absolute atomic E-state index is 12.4. The number of likely N-dealkylation sites (tertiary alicyclic amines) is 2. The van der Waals surface area contributed by atoms with Gasteiger partial charge in [-0.2, -0.15) is 0 Å². The highest BCUT2D eigenvalue weighted by Crippen LogP contribution is 2.11. The number of piperidine rings is 2. The summed E-state index contributed by atoms with van der Waals surface area (Å²) in [4.78, 5) is 51.5. The molecule has 3 saturated heterocycles. The van der Waals surface area contributed by atoms with E-state index in [9.17, 15) is 9.59 Å². The first-order chi connectivity index (χ1) is 14.4. The molecule has 0 aromatic rings. The molecule has 2 amide bonds. The summed E-state index contributed by atoms with van der Waals surface area (Å²) in [5, 5.41) is 14.8. The number of carbonyl (C=O) groups excluding carboxylic acids is 2. The van der Waals surface area contributed by atoms with Crippen LogP contribution >= 0.6 is 0 Å². The molecule has 0 aromatic carbocycles. The number of hydrogen-bond acceptors (Lipinski definition) is 6. The lowest BCUT2D eigenvalue weighted by molar-refractivity contribution is -0.159. The van der Waals surface area contributed by atoms with Gasteiger partial charge in [-0.15, -0.1) is 0 Å². The molecule has 30 heavy (non-hydrogen) atoms. The lowest BCUT2D eigenvalue weighted by Crippen LogP contribution is -2.54. The standard InChI is InChI=1S/C18H32N4O2.C2H2O4/c23-17(15-19-7-3-1-4-8-19)21-11-13-22(14-12-21)18(24)16-20-9-5-2-6-10-20;3-1(4)2(5)6/h1-16H2;(H,3,4)(H,5,6). The van der Waals surface area contributed by atoms with Gasteiger partial charge in [0, 0.05) is 26.2 Å². The Bertz CT molecular complexity index is 542. The first kappa shape index (κ1) is 24.1. The predicted octanol–water partition coefficient (Wildman–Crippen LogP) is -0.215. The minimum atomic E-state index is -1.82. The van der Waals surface area contributed by atoms with Crippen LogP contribution in [0.1, 0.15) is 38.5 Å². The molecule has 0 spiro atoms. The van der Waals surface area contributed by atoms with Crippen LogP contribution in [0.5, 0.6) is 0 Å². The molecule has 0 unspecified atom stereocenters. The molecule has 2 N–H and O–H groups in total.